The van der Waals surface area contributed by atoms with Crippen molar-refractivity contribution in [1.29, 1.82) is 0 Å². The fourth-order valence-corrected chi connectivity index (χ4v) is 3.51. The number of amides is 1. The summed E-state index contributed by atoms with van der Waals surface area (Å²) in [7, 11) is 0. The molecule has 1 unspecified atom stereocenters. The lowest BCUT2D eigenvalue weighted by Gasteiger charge is -2.22. The van der Waals surface area contributed by atoms with Crippen LogP contribution in [0, 0.1) is 5.92 Å². The Morgan fingerprint density at radius 3 is 2.39 bits per heavy atom. The van der Waals surface area contributed by atoms with Gasteiger partial charge in [-0.25, -0.2) is 13.6 Å². The molecule has 0 spiro atoms. The molecule has 2 N–H and O–H groups in total. The molecular weight excluding hydrogens is 408 g/mol. The molecule has 1 aliphatic carbocycles. The summed E-state index contributed by atoms with van der Waals surface area (Å²) in [6, 6.07) is 7.35. The number of alkyl halides is 2. The number of rotatable bonds is 8. The second kappa shape index (κ2) is 10.4. The van der Waals surface area contributed by atoms with E-state index in [0.717, 1.165) is 31.2 Å². The van der Waals surface area contributed by atoms with Gasteiger partial charge in [0.25, 0.3) is 5.92 Å². The molecule has 2 rings (SSSR count). The average molecular weight is 442 g/mol. The van der Waals surface area contributed by atoms with Crippen molar-refractivity contribution in [2.45, 2.75) is 76.9 Å². The molecule has 0 aromatic heterocycles. The van der Waals surface area contributed by atoms with E-state index >= 15 is 0 Å². The summed E-state index contributed by atoms with van der Waals surface area (Å²) in [4.78, 5) is 23.7. The molecule has 1 fully saturated rings. The highest BCUT2D eigenvalue weighted by atomic mass is 19.3. The lowest BCUT2D eigenvalue weighted by atomic mass is 9.93. The van der Waals surface area contributed by atoms with Crippen molar-refractivity contribution < 1.29 is 33.0 Å². The average Bonchev–Trinajstić information content (AvgIpc) is 3.08. The highest BCUT2D eigenvalue weighted by molar-refractivity contribution is 5.77. The van der Waals surface area contributed by atoms with Crippen molar-refractivity contribution in [1.82, 2.24) is 5.32 Å². The van der Waals surface area contributed by atoms with Gasteiger partial charge in [-0.2, -0.15) is 0 Å². The molecule has 0 heterocycles. The standard InChI is InChI=1S/C23H33F2NO5/c1-15(17-10-8-16(9-11-17)12-18-6-5-7-19(18)27)20(28)30-14-23(24,25)13-26-21(29)31-22(2,3)4/h8-11,15,18-19,27H,5-7,12-14H2,1-4H3,(H,26,29)/t15?,18-,19+/m1/s1. The van der Waals surface area contributed by atoms with Crippen LogP contribution in [-0.2, 0) is 20.7 Å². The zero-order valence-electron chi connectivity index (χ0n) is 18.6. The highest BCUT2D eigenvalue weighted by Gasteiger charge is 2.33. The number of hydrogen-bond acceptors (Lipinski definition) is 5. The normalized spacial score (nSPS) is 20.2. The van der Waals surface area contributed by atoms with Gasteiger partial charge in [0.1, 0.15) is 5.60 Å². The van der Waals surface area contributed by atoms with Crippen LogP contribution in [-0.4, -0.2) is 47.9 Å². The summed E-state index contributed by atoms with van der Waals surface area (Å²) in [5, 5.41) is 11.9. The van der Waals surface area contributed by atoms with Crippen LogP contribution in [0.4, 0.5) is 13.6 Å². The molecule has 174 valence electrons. The first-order chi connectivity index (χ1) is 14.4. The van der Waals surface area contributed by atoms with Gasteiger partial charge in [0.05, 0.1) is 18.6 Å². The molecule has 1 aromatic carbocycles. The lowest BCUT2D eigenvalue weighted by Crippen LogP contribution is -2.42. The summed E-state index contributed by atoms with van der Waals surface area (Å²) < 4.78 is 37.6. The summed E-state index contributed by atoms with van der Waals surface area (Å²) in [6.07, 6.45) is 2.42. The monoisotopic (exact) mass is 441 g/mol. The molecule has 0 saturated heterocycles. The Hall–Kier alpha value is -2.22. The van der Waals surface area contributed by atoms with E-state index in [1.165, 1.54) is 0 Å². The van der Waals surface area contributed by atoms with Crippen LogP contribution < -0.4 is 5.32 Å². The number of carbonyl (C=O) groups excluding carboxylic acids is 2. The van der Waals surface area contributed by atoms with Gasteiger partial charge in [-0.05, 0) is 64.0 Å². The van der Waals surface area contributed by atoms with E-state index in [9.17, 15) is 23.5 Å². The minimum absolute atomic E-state index is 0.254. The number of ether oxygens (including phenoxy) is 2. The Bertz CT molecular complexity index is 745. The molecule has 1 amide bonds. The van der Waals surface area contributed by atoms with Crippen LogP contribution in [0.15, 0.2) is 24.3 Å². The molecule has 1 aromatic rings. The Morgan fingerprint density at radius 2 is 1.84 bits per heavy atom. The van der Waals surface area contributed by atoms with Crippen LogP contribution in [0.3, 0.4) is 0 Å². The molecule has 0 bridgehead atoms. The van der Waals surface area contributed by atoms with Gasteiger partial charge in [0.15, 0.2) is 6.61 Å². The number of benzene rings is 1. The van der Waals surface area contributed by atoms with Gasteiger partial charge in [-0.15, -0.1) is 0 Å². The Balaban J connectivity index is 1.81. The van der Waals surface area contributed by atoms with Gasteiger partial charge in [-0.1, -0.05) is 30.7 Å². The van der Waals surface area contributed by atoms with E-state index in [-0.39, 0.29) is 12.0 Å². The van der Waals surface area contributed by atoms with Gasteiger partial charge in [-0.3, -0.25) is 4.79 Å². The summed E-state index contributed by atoms with van der Waals surface area (Å²) >= 11 is 0. The zero-order valence-corrected chi connectivity index (χ0v) is 18.6. The minimum Gasteiger partial charge on any atom is -0.459 e. The van der Waals surface area contributed by atoms with Crippen LogP contribution in [0.5, 0.6) is 0 Å². The number of alkyl carbamates (subject to hydrolysis) is 1. The maximum atomic E-state index is 14.0. The Labute approximate surface area is 182 Å². The van der Waals surface area contributed by atoms with Crippen LogP contribution >= 0.6 is 0 Å². The van der Waals surface area contributed by atoms with Crippen LogP contribution in [0.2, 0.25) is 0 Å². The number of aliphatic hydroxyl groups is 1. The molecule has 0 aliphatic heterocycles. The second-order valence-electron chi connectivity index (χ2n) is 9.24. The first-order valence-electron chi connectivity index (χ1n) is 10.6. The lowest BCUT2D eigenvalue weighted by molar-refractivity contribution is -0.156. The predicted molar refractivity (Wildman–Crippen MR) is 112 cm³/mol. The number of halogens is 2. The number of hydrogen-bond donors (Lipinski definition) is 2. The number of aliphatic hydroxyl groups excluding tert-OH is 1. The van der Waals surface area contributed by atoms with E-state index in [0.29, 0.717) is 5.56 Å². The van der Waals surface area contributed by atoms with Crippen molar-refractivity contribution >= 4 is 12.1 Å². The smallest absolute Gasteiger partial charge is 0.407 e. The third-order valence-corrected chi connectivity index (χ3v) is 5.27. The quantitative estimate of drug-likeness (QED) is 0.591. The molecule has 1 saturated carbocycles. The van der Waals surface area contributed by atoms with Gasteiger partial charge < -0.3 is 19.9 Å². The zero-order chi connectivity index (χ0) is 23.2. The molecule has 31 heavy (non-hydrogen) atoms. The van der Waals surface area contributed by atoms with Crippen molar-refractivity contribution in [2.75, 3.05) is 13.2 Å². The predicted octanol–water partition coefficient (Wildman–Crippen LogP) is 4.20. The molecule has 6 nitrogen and oxygen atoms in total. The first-order valence-corrected chi connectivity index (χ1v) is 10.6. The van der Waals surface area contributed by atoms with Gasteiger partial charge in [0, 0.05) is 0 Å². The second-order valence-corrected chi connectivity index (χ2v) is 9.24. The van der Waals surface area contributed by atoms with Crippen molar-refractivity contribution in [3.8, 4) is 0 Å². The van der Waals surface area contributed by atoms with Crippen molar-refractivity contribution in [3.63, 3.8) is 0 Å². The minimum atomic E-state index is -3.42. The highest BCUT2D eigenvalue weighted by Crippen LogP contribution is 2.29. The maximum Gasteiger partial charge on any atom is 0.407 e. The third-order valence-electron chi connectivity index (χ3n) is 5.27. The van der Waals surface area contributed by atoms with Gasteiger partial charge in [0.2, 0.25) is 0 Å². The van der Waals surface area contributed by atoms with Crippen molar-refractivity contribution in [2.24, 2.45) is 5.92 Å². The van der Waals surface area contributed by atoms with Crippen LogP contribution in [0.1, 0.15) is 64.0 Å². The summed E-state index contributed by atoms with van der Waals surface area (Å²) in [6.45, 7) is 4.33. The number of esters is 1. The van der Waals surface area contributed by atoms with Crippen LogP contribution in [0.25, 0.3) is 0 Å². The largest absolute Gasteiger partial charge is 0.459 e. The maximum absolute atomic E-state index is 14.0. The Kier molecular flexibility index (Phi) is 8.40. The molecular formula is C23H33F2NO5. The summed E-state index contributed by atoms with van der Waals surface area (Å²) in [5.74, 6) is -4.64. The molecule has 3 atom stereocenters. The summed E-state index contributed by atoms with van der Waals surface area (Å²) in [5.41, 5.74) is 0.930. The SMILES string of the molecule is CC(C(=O)OCC(F)(F)CNC(=O)OC(C)(C)C)c1ccc(C[C@H]2CCC[C@@H]2O)cc1. The van der Waals surface area contributed by atoms with E-state index in [1.54, 1.807) is 39.8 Å². The topological polar surface area (TPSA) is 84.9 Å². The fourth-order valence-electron chi connectivity index (χ4n) is 3.51. The third kappa shape index (κ3) is 8.44. The molecule has 8 heteroatoms. The first kappa shape index (κ1) is 25.0. The number of carbonyl (C=O) groups is 2. The fraction of sp³-hybridized carbons (Fsp3) is 0.652. The van der Waals surface area contributed by atoms with Crippen molar-refractivity contribution in [3.05, 3.63) is 35.4 Å². The van der Waals surface area contributed by atoms with E-state index in [4.69, 9.17) is 9.47 Å². The van der Waals surface area contributed by atoms with E-state index < -0.39 is 42.7 Å². The van der Waals surface area contributed by atoms with E-state index in [2.05, 4.69) is 0 Å². The van der Waals surface area contributed by atoms with E-state index in [1.807, 2.05) is 17.4 Å². The van der Waals surface area contributed by atoms with Gasteiger partial charge >= 0.3 is 12.1 Å². The number of nitrogens with one attached hydrogen (secondary N) is 1. The molecule has 1 aliphatic rings. The Morgan fingerprint density at radius 1 is 1.19 bits per heavy atom. The molecule has 0 radical (unpaired) electrons.